The highest BCUT2D eigenvalue weighted by molar-refractivity contribution is 5.88. The third kappa shape index (κ3) is 2.75. The molecule has 100 valence electrons. The van der Waals surface area contributed by atoms with Crippen molar-refractivity contribution in [2.75, 3.05) is 0 Å². The molecular weight excluding hydrogens is 261 g/mol. The van der Waals surface area contributed by atoms with Gasteiger partial charge >= 0.3 is 5.97 Å². The number of aryl methyl sites for hydroxylation is 1. The Morgan fingerprint density at radius 3 is 2.50 bits per heavy atom. The van der Waals surface area contributed by atoms with Crippen LogP contribution in [0.3, 0.4) is 0 Å². The monoisotopic (exact) mass is 271 g/mol. The average molecular weight is 271 g/mol. The van der Waals surface area contributed by atoms with Gasteiger partial charge in [-0.2, -0.15) is 5.26 Å². The van der Waals surface area contributed by atoms with E-state index in [9.17, 15) is 9.18 Å². The number of nitrogens with zero attached hydrogens (tertiary/aromatic N) is 1. The Balaban J connectivity index is 2.31. The number of carboxylic acid groups (broad SMARTS) is 1. The molecule has 0 bridgehead atoms. The van der Waals surface area contributed by atoms with Gasteiger partial charge in [0.1, 0.15) is 5.75 Å². The van der Waals surface area contributed by atoms with E-state index < -0.39 is 11.8 Å². The Morgan fingerprint density at radius 2 is 1.95 bits per heavy atom. The van der Waals surface area contributed by atoms with E-state index in [1.165, 1.54) is 30.3 Å². The van der Waals surface area contributed by atoms with Gasteiger partial charge in [0, 0.05) is 0 Å². The number of benzene rings is 2. The van der Waals surface area contributed by atoms with Crippen molar-refractivity contribution in [1.29, 1.82) is 5.26 Å². The summed E-state index contributed by atoms with van der Waals surface area (Å²) in [6, 6.07) is 10.0. The number of nitriles is 1. The number of hydrogen-bond donors (Lipinski definition) is 1. The topological polar surface area (TPSA) is 70.3 Å². The first-order chi connectivity index (χ1) is 9.51. The summed E-state index contributed by atoms with van der Waals surface area (Å²) in [6.07, 6.45) is 0. The maximum absolute atomic E-state index is 13.7. The molecule has 1 N–H and O–H groups in total. The van der Waals surface area contributed by atoms with Crippen molar-refractivity contribution < 1.29 is 19.0 Å². The zero-order valence-corrected chi connectivity index (χ0v) is 10.6. The number of halogens is 1. The summed E-state index contributed by atoms with van der Waals surface area (Å²) >= 11 is 0. The molecule has 2 aromatic carbocycles. The lowest BCUT2D eigenvalue weighted by atomic mass is 10.1. The minimum Gasteiger partial charge on any atom is -0.478 e. The van der Waals surface area contributed by atoms with Crippen molar-refractivity contribution in [2.24, 2.45) is 0 Å². The van der Waals surface area contributed by atoms with Crippen LogP contribution >= 0.6 is 0 Å². The third-order valence-electron chi connectivity index (χ3n) is 2.70. The third-order valence-corrected chi connectivity index (χ3v) is 2.70. The van der Waals surface area contributed by atoms with Crippen molar-refractivity contribution in [3.8, 4) is 17.6 Å². The van der Waals surface area contributed by atoms with Crippen LogP contribution in [0.15, 0.2) is 36.4 Å². The van der Waals surface area contributed by atoms with Gasteiger partial charge in [-0.15, -0.1) is 0 Å². The average Bonchev–Trinajstić information content (AvgIpc) is 2.42. The number of hydrogen-bond acceptors (Lipinski definition) is 3. The molecule has 4 nitrogen and oxygen atoms in total. The summed E-state index contributed by atoms with van der Waals surface area (Å²) in [5.74, 6) is -1.34. The van der Waals surface area contributed by atoms with Gasteiger partial charge in [0.15, 0.2) is 11.6 Å². The zero-order chi connectivity index (χ0) is 14.7. The van der Waals surface area contributed by atoms with E-state index in [4.69, 9.17) is 15.1 Å². The fourth-order valence-electron chi connectivity index (χ4n) is 1.67. The highest BCUT2D eigenvalue weighted by Crippen LogP contribution is 2.28. The van der Waals surface area contributed by atoms with Crippen LogP contribution in [0.5, 0.6) is 11.5 Å². The first kappa shape index (κ1) is 13.6. The van der Waals surface area contributed by atoms with Crippen LogP contribution in [0.4, 0.5) is 4.39 Å². The molecule has 2 rings (SSSR count). The minimum atomic E-state index is -1.04. The summed E-state index contributed by atoms with van der Waals surface area (Å²) in [5.41, 5.74) is 0.914. The zero-order valence-electron chi connectivity index (χ0n) is 10.6. The van der Waals surface area contributed by atoms with Crippen molar-refractivity contribution >= 4 is 5.97 Å². The maximum Gasteiger partial charge on any atom is 0.335 e. The van der Waals surface area contributed by atoms with Gasteiger partial charge in [-0.1, -0.05) is 0 Å². The molecule has 0 radical (unpaired) electrons. The first-order valence-corrected chi connectivity index (χ1v) is 5.72. The van der Waals surface area contributed by atoms with Gasteiger partial charge in [0.25, 0.3) is 0 Å². The Morgan fingerprint density at radius 1 is 1.25 bits per heavy atom. The smallest absolute Gasteiger partial charge is 0.335 e. The number of aromatic carboxylic acids is 1. The van der Waals surface area contributed by atoms with Crippen molar-refractivity contribution in [2.45, 2.75) is 6.92 Å². The van der Waals surface area contributed by atoms with Crippen molar-refractivity contribution in [3.05, 3.63) is 58.9 Å². The van der Waals surface area contributed by atoms with Crippen molar-refractivity contribution in [3.63, 3.8) is 0 Å². The molecule has 0 amide bonds. The van der Waals surface area contributed by atoms with E-state index in [2.05, 4.69) is 0 Å². The van der Waals surface area contributed by atoms with Gasteiger partial charge in [0.05, 0.1) is 17.2 Å². The quantitative estimate of drug-likeness (QED) is 0.927. The predicted octanol–water partition coefficient (Wildman–Crippen LogP) is 3.50. The minimum absolute atomic E-state index is 0.0184. The Kier molecular flexibility index (Phi) is 3.67. The molecule has 0 fully saturated rings. The van der Waals surface area contributed by atoms with Gasteiger partial charge in [-0.05, 0) is 48.9 Å². The van der Waals surface area contributed by atoms with Crippen LogP contribution in [0, 0.1) is 24.1 Å². The Bertz CT molecular complexity index is 720. The highest BCUT2D eigenvalue weighted by atomic mass is 19.1. The van der Waals surface area contributed by atoms with E-state index in [-0.39, 0.29) is 16.9 Å². The summed E-state index contributed by atoms with van der Waals surface area (Å²) in [5, 5.41) is 17.5. The molecule has 2 aromatic rings. The predicted molar refractivity (Wildman–Crippen MR) is 69.3 cm³/mol. The van der Waals surface area contributed by atoms with E-state index in [0.29, 0.717) is 11.3 Å². The van der Waals surface area contributed by atoms with E-state index in [1.54, 1.807) is 6.92 Å². The Hall–Kier alpha value is -2.87. The maximum atomic E-state index is 13.7. The molecule has 0 aliphatic rings. The number of carbonyl (C=O) groups is 1. The second kappa shape index (κ2) is 5.41. The largest absolute Gasteiger partial charge is 0.478 e. The molecule has 20 heavy (non-hydrogen) atoms. The second-order valence-corrected chi connectivity index (χ2v) is 4.14. The molecule has 0 saturated heterocycles. The first-order valence-electron chi connectivity index (χ1n) is 5.72. The van der Waals surface area contributed by atoms with Crippen LogP contribution in [0.1, 0.15) is 21.5 Å². The van der Waals surface area contributed by atoms with Crippen LogP contribution in [0.25, 0.3) is 0 Å². The number of carboxylic acids is 1. The van der Waals surface area contributed by atoms with Crippen molar-refractivity contribution in [1.82, 2.24) is 0 Å². The van der Waals surface area contributed by atoms with Crippen LogP contribution in [-0.4, -0.2) is 11.1 Å². The highest BCUT2D eigenvalue weighted by Gasteiger charge is 2.10. The summed E-state index contributed by atoms with van der Waals surface area (Å²) in [4.78, 5) is 10.8. The summed E-state index contributed by atoms with van der Waals surface area (Å²) < 4.78 is 19.1. The van der Waals surface area contributed by atoms with Crippen LogP contribution in [0.2, 0.25) is 0 Å². The molecule has 0 spiro atoms. The molecule has 5 heteroatoms. The van der Waals surface area contributed by atoms with Crippen LogP contribution < -0.4 is 4.74 Å². The molecule has 0 unspecified atom stereocenters. The fraction of sp³-hybridized carbons (Fsp3) is 0.0667. The van der Waals surface area contributed by atoms with Gasteiger partial charge in [0.2, 0.25) is 0 Å². The molecule has 0 aromatic heterocycles. The lowest BCUT2D eigenvalue weighted by molar-refractivity contribution is 0.0696. The standard InChI is InChI=1S/C15H10FNO3/c1-9-6-11(15(18)19)3-5-13(9)20-14-4-2-10(8-17)7-12(14)16/h2-7H,1H3,(H,18,19). The van der Waals surface area contributed by atoms with E-state index >= 15 is 0 Å². The normalized spacial score (nSPS) is 9.85. The van der Waals surface area contributed by atoms with Gasteiger partial charge in [-0.25, -0.2) is 9.18 Å². The Labute approximate surface area is 114 Å². The number of rotatable bonds is 3. The van der Waals surface area contributed by atoms with Gasteiger partial charge in [-0.3, -0.25) is 0 Å². The lowest BCUT2D eigenvalue weighted by Crippen LogP contribution is -1.98. The lowest BCUT2D eigenvalue weighted by Gasteiger charge is -2.10. The molecule has 0 aliphatic carbocycles. The SMILES string of the molecule is Cc1cc(C(=O)O)ccc1Oc1ccc(C#N)cc1F. The molecule has 0 heterocycles. The molecule has 0 aliphatic heterocycles. The summed E-state index contributed by atoms with van der Waals surface area (Å²) in [6.45, 7) is 1.67. The molecule has 0 saturated carbocycles. The van der Waals surface area contributed by atoms with Gasteiger partial charge < -0.3 is 9.84 Å². The number of ether oxygens (including phenoxy) is 1. The summed E-state index contributed by atoms with van der Waals surface area (Å²) in [7, 11) is 0. The van der Waals surface area contributed by atoms with Crippen LogP contribution in [-0.2, 0) is 0 Å². The molecular formula is C15H10FNO3. The second-order valence-electron chi connectivity index (χ2n) is 4.14. The van der Waals surface area contributed by atoms with E-state index in [0.717, 1.165) is 6.07 Å². The fourth-order valence-corrected chi connectivity index (χ4v) is 1.67. The molecule has 0 atom stereocenters. The van der Waals surface area contributed by atoms with E-state index in [1.807, 2.05) is 6.07 Å².